The van der Waals surface area contributed by atoms with Crippen molar-refractivity contribution in [2.24, 2.45) is 0 Å². The van der Waals surface area contributed by atoms with Crippen molar-refractivity contribution in [3.05, 3.63) is 48.1 Å². The molecule has 98 valence electrons. The molecule has 0 aliphatic heterocycles. The molecule has 1 aromatic rings. The molecule has 1 aromatic carbocycles. The maximum absolute atomic E-state index is 13.6. The highest BCUT2D eigenvalue weighted by Crippen LogP contribution is 2.23. The standard InChI is InChI=1S/C13H15F2NO2/c1-3-6-16(8-13(17)18)9(2)11-7-10(14)4-5-12(11)15/h3-5,7,9H,1,6,8H2,2H3,(H,17,18). The highest BCUT2D eigenvalue weighted by atomic mass is 19.1. The van der Waals surface area contributed by atoms with Crippen molar-refractivity contribution in [3.63, 3.8) is 0 Å². The van der Waals surface area contributed by atoms with Crippen LogP contribution in [0, 0.1) is 11.6 Å². The number of halogens is 2. The molecule has 1 rings (SSSR count). The van der Waals surface area contributed by atoms with E-state index in [0.717, 1.165) is 18.2 Å². The van der Waals surface area contributed by atoms with Gasteiger partial charge in [-0.1, -0.05) is 6.08 Å². The number of hydrogen-bond acceptors (Lipinski definition) is 2. The van der Waals surface area contributed by atoms with E-state index in [1.807, 2.05) is 0 Å². The predicted octanol–water partition coefficient (Wildman–Crippen LogP) is 2.60. The van der Waals surface area contributed by atoms with Gasteiger partial charge in [0.25, 0.3) is 0 Å². The van der Waals surface area contributed by atoms with Crippen molar-refractivity contribution < 1.29 is 18.7 Å². The van der Waals surface area contributed by atoms with Crippen LogP contribution in [0.2, 0.25) is 0 Å². The molecule has 1 unspecified atom stereocenters. The summed E-state index contributed by atoms with van der Waals surface area (Å²) in [6.07, 6.45) is 1.52. The molecule has 0 bridgehead atoms. The lowest BCUT2D eigenvalue weighted by Crippen LogP contribution is -2.33. The summed E-state index contributed by atoms with van der Waals surface area (Å²) in [6.45, 7) is 5.17. The Balaban J connectivity index is 3.00. The normalized spacial score (nSPS) is 12.4. The zero-order valence-electron chi connectivity index (χ0n) is 10.1. The third-order valence-electron chi connectivity index (χ3n) is 2.66. The van der Waals surface area contributed by atoms with E-state index in [2.05, 4.69) is 6.58 Å². The first-order valence-corrected chi connectivity index (χ1v) is 5.47. The van der Waals surface area contributed by atoms with Crippen LogP contribution in [-0.4, -0.2) is 29.1 Å². The summed E-state index contributed by atoms with van der Waals surface area (Å²) < 4.78 is 26.7. The van der Waals surface area contributed by atoms with Gasteiger partial charge in [0.1, 0.15) is 11.6 Å². The Morgan fingerprint density at radius 1 is 1.56 bits per heavy atom. The zero-order chi connectivity index (χ0) is 13.7. The van der Waals surface area contributed by atoms with Crippen LogP contribution in [0.4, 0.5) is 8.78 Å². The maximum Gasteiger partial charge on any atom is 0.317 e. The van der Waals surface area contributed by atoms with E-state index in [0.29, 0.717) is 0 Å². The van der Waals surface area contributed by atoms with Crippen LogP contribution in [0.3, 0.4) is 0 Å². The molecule has 0 aromatic heterocycles. The summed E-state index contributed by atoms with van der Waals surface area (Å²) in [4.78, 5) is 12.2. The quantitative estimate of drug-likeness (QED) is 0.794. The molecule has 0 radical (unpaired) electrons. The average molecular weight is 255 g/mol. The number of carboxylic acids is 1. The smallest absolute Gasteiger partial charge is 0.317 e. The Kier molecular flexibility index (Phi) is 4.97. The Morgan fingerprint density at radius 2 is 2.22 bits per heavy atom. The van der Waals surface area contributed by atoms with E-state index in [-0.39, 0.29) is 18.7 Å². The summed E-state index contributed by atoms with van der Waals surface area (Å²) >= 11 is 0. The van der Waals surface area contributed by atoms with E-state index in [1.165, 1.54) is 11.0 Å². The predicted molar refractivity (Wildman–Crippen MR) is 64.2 cm³/mol. The van der Waals surface area contributed by atoms with Crippen LogP contribution in [0.15, 0.2) is 30.9 Å². The monoisotopic (exact) mass is 255 g/mol. The second kappa shape index (κ2) is 6.26. The lowest BCUT2D eigenvalue weighted by Gasteiger charge is -2.26. The molecule has 0 heterocycles. The summed E-state index contributed by atoms with van der Waals surface area (Å²) in [5.41, 5.74) is 0.137. The number of hydrogen-bond donors (Lipinski definition) is 1. The molecule has 0 fully saturated rings. The molecule has 1 atom stereocenters. The third kappa shape index (κ3) is 3.63. The van der Waals surface area contributed by atoms with E-state index in [1.54, 1.807) is 6.92 Å². The number of rotatable bonds is 6. The summed E-state index contributed by atoms with van der Waals surface area (Å²) in [6, 6.07) is 2.60. The molecule has 0 spiro atoms. The van der Waals surface area contributed by atoms with E-state index < -0.39 is 23.6 Å². The van der Waals surface area contributed by atoms with Gasteiger partial charge >= 0.3 is 5.97 Å². The van der Waals surface area contributed by atoms with Gasteiger partial charge in [0.15, 0.2) is 0 Å². The minimum Gasteiger partial charge on any atom is -0.480 e. The SMILES string of the molecule is C=CCN(CC(=O)O)C(C)c1cc(F)ccc1F. The molecule has 0 amide bonds. The van der Waals surface area contributed by atoms with Gasteiger partial charge in [0.2, 0.25) is 0 Å². The molecule has 0 saturated carbocycles. The van der Waals surface area contributed by atoms with Gasteiger partial charge in [-0.05, 0) is 25.1 Å². The first-order valence-electron chi connectivity index (χ1n) is 5.47. The molecule has 18 heavy (non-hydrogen) atoms. The fourth-order valence-electron chi connectivity index (χ4n) is 1.73. The average Bonchev–Trinajstić information content (AvgIpc) is 2.30. The lowest BCUT2D eigenvalue weighted by molar-refractivity contribution is -0.138. The maximum atomic E-state index is 13.6. The fourth-order valence-corrected chi connectivity index (χ4v) is 1.73. The van der Waals surface area contributed by atoms with Crippen LogP contribution in [0.5, 0.6) is 0 Å². The van der Waals surface area contributed by atoms with E-state index >= 15 is 0 Å². The second-order valence-electron chi connectivity index (χ2n) is 3.95. The van der Waals surface area contributed by atoms with Crippen LogP contribution < -0.4 is 0 Å². The van der Waals surface area contributed by atoms with Gasteiger partial charge < -0.3 is 5.11 Å². The second-order valence-corrected chi connectivity index (χ2v) is 3.95. The fraction of sp³-hybridized carbons (Fsp3) is 0.308. The molecule has 0 aliphatic rings. The number of carboxylic acid groups (broad SMARTS) is 1. The Morgan fingerprint density at radius 3 is 2.78 bits per heavy atom. The highest BCUT2D eigenvalue weighted by molar-refractivity contribution is 5.69. The van der Waals surface area contributed by atoms with Crippen LogP contribution in [-0.2, 0) is 4.79 Å². The van der Waals surface area contributed by atoms with Gasteiger partial charge in [-0.2, -0.15) is 0 Å². The molecule has 5 heteroatoms. The van der Waals surface area contributed by atoms with Crippen molar-refractivity contribution in [1.82, 2.24) is 4.90 Å². The van der Waals surface area contributed by atoms with Crippen molar-refractivity contribution in [1.29, 1.82) is 0 Å². The number of aliphatic carboxylic acids is 1. The van der Waals surface area contributed by atoms with Crippen LogP contribution >= 0.6 is 0 Å². The molecule has 1 N–H and O–H groups in total. The minimum absolute atomic E-state index is 0.137. The molecule has 0 saturated heterocycles. The minimum atomic E-state index is -1.03. The number of carbonyl (C=O) groups is 1. The Labute approximate surface area is 104 Å². The molecular formula is C13H15F2NO2. The Hall–Kier alpha value is -1.75. The molecule has 3 nitrogen and oxygen atoms in total. The van der Waals surface area contributed by atoms with Gasteiger partial charge in [0.05, 0.1) is 6.54 Å². The van der Waals surface area contributed by atoms with Gasteiger partial charge in [-0.15, -0.1) is 6.58 Å². The van der Waals surface area contributed by atoms with Crippen LogP contribution in [0.1, 0.15) is 18.5 Å². The van der Waals surface area contributed by atoms with Crippen LogP contribution in [0.25, 0.3) is 0 Å². The molecule has 0 aliphatic carbocycles. The van der Waals surface area contributed by atoms with Gasteiger partial charge in [-0.25, -0.2) is 8.78 Å². The third-order valence-corrected chi connectivity index (χ3v) is 2.66. The Bertz CT molecular complexity index is 449. The summed E-state index contributed by atoms with van der Waals surface area (Å²) in [5.74, 6) is -2.13. The van der Waals surface area contributed by atoms with Crippen molar-refractivity contribution in [2.75, 3.05) is 13.1 Å². The largest absolute Gasteiger partial charge is 0.480 e. The van der Waals surface area contributed by atoms with Gasteiger partial charge in [0, 0.05) is 18.2 Å². The number of benzene rings is 1. The topological polar surface area (TPSA) is 40.5 Å². The lowest BCUT2D eigenvalue weighted by atomic mass is 10.1. The zero-order valence-corrected chi connectivity index (χ0v) is 10.1. The molecular weight excluding hydrogens is 240 g/mol. The first kappa shape index (κ1) is 14.3. The van der Waals surface area contributed by atoms with Gasteiger partial charge in [-0.3, -0.25) is 9.69 Å². The van der Waals surface area contributed by atoms with Crippen molar-refractivity contribution >= 4 is 5.97 Å². The summed E-state index contributed by atoms with van der Waals surface area (Å²) in [5, 5.41) is 8.79. The summed E-state index contributed by atoms with van der Waals surface area (Å²) in [7, 11) is 0. The van der Waals surface area contributed by atoms with E-state index in [4.69, 9.17) is 5.11 Å². The highest BCUT2D eigenvalue weighted by Gasteiger charge is 2.20. The van der Waals surface area contributed by atoms with Crippen molar-refractivity contribution in [3.8, 4) is 0 Å². The van der Waals surface area contributed by atoms with Crippen molar-refractivity contribution in [2.45, 2.75) is 13.0 Å². The number of nitrogens with zero attached hydrogens (tertiary/aromatic N) is 1. The first-order chi connectivity index (χ1) is 8.45. The van der Waals surface area contributed by atoms with E-state index in [9.17, 15) is 13.6 Å².